The van der Waals surface area contributed by atoms with E-state index in [0.717, 1.165) is 30.6 Å². The second kappa shape index (κ2) is 11.1. The Morgan fingerprint density at radius 1 is 1.00 bits per heavy atom. The van der Waals surface area contributed by atoms with Crippen molar-refractivity contribution in [2.75, 3.05) is 10.6 Å². The van der Waals surface area contributed by atoms with Gasteiger partial charge in [0.05, 0.1) is 22.5 Å². The summed E-state index contributed by atoms with van der Waals surface area (Å²) >= 11 is 12.5. The van der Waals surface area contributed by atoms with Crippen LogP contribution in [0.3, 0.4) is 0 Å². The highest BCUT2D eigenvalue weighted by Crippen LogP contribution is 2.38. The van der Waals surface area contributed by atoms with E-state index < -0.39 is 28.3 Å². The molecule has 8 nitrogen and oxygen atoms in total. The molecule has 1 unspecified atom stereocenters. The molecule has 3 aromatic carbocycles. The maximum atomic E-state index is 12.9. The van der Waals surface area contributed by atoms with Crippen molar-refractivity contribution in [1.29, 1.82) is 5.26 Å². The van der Waals surface area contributed by atoms with Crippen LogP contribution in [0.1, 0.15) is 28.2 Å². The molecule has 0 amide bonds. The molecule has 1 heterocycles. The highest BCUT2D eigenvalue weighted by molar-refractivity contribution is 6.32. The summed E-state index contributed by atoms with van der Waals surface area (Å²) in [6.45, 7) is 1.73. The van der Waals surface area contributed by atoms with Crippen LogP contribution in [-0.2, 0) is 6.18 Å². The third-order valence-corrected chi connectivity index (χ3v) is 6.30. The Morgan fingerprint density at radius 2 is 1.62 bits per heavy atom. The molecular formula is C26H17Cl2F3N6O2. The minimum atomic E-state index is -4.52. The van der Waals surface area contributed by atoms with Crippen LogP contribution in [0, 0.1) is 28.4 Å². The maximum Gasteiger partial charge on any atom is 0.416 e. The average molecular weight is 573 g/mol. The monoisotopic (exact) mass is 572 g/mol. The number of alkyl halides is 3. The van der Waals surface area contributed by atoms with Crippen LogP contribution < -0.4 is 10.6 Å². The smallest absolute Gasteiger partial charge is 0.334 e. The topological polar surface area (TPSA) is 117 Å². The number of nitrogens with zero attached hydrogens (tertiary/aromatic N) is 4. The molecule has 0 saturated heterocycles. The van der Waals surface area contributed by atoms with E-state index in [1.165, 1.54) is 6.07 Å². The SMILES string of the molecule is Cc1cc(C(C#N)c2ccc(Cl)cc2)c(Cl)cc1Nc1ncnc(Nc2ccc(C(F)(F)F)cc2)c1[N+](=O)[O-]. The minimum absolute atomic E-state index is 0.157. The molecule has 0 radical (unpaired) electrons. The molecule has 4 rings (SSSR count). The van der Waals surface area contributed by atoms with Crippen molar-refractivity contribution in [2.24, 2.45) is 0 Å². The maximum absolute atomic E-state index is 12.9. The quantitative estimate of drug-likeness (QED) is 0.169. The molecule has 0 saturated carbocycles. The zero-order valence-corrected chi connectivity index (χ0v) is 21.4. The van der Waals surface area contributed by atoms with Crippen LogP contribution in [-0.4, -0.2) is 14.9 Å². The molecule has 0 spiro atoms. The van der Waals surface area contributed by atoms with Crippen molar-refractivity contribution in [1.82, 2.24) is 9.97 Å². The van der Waals surface area contributed by atoms with Gasteiger partial charge in [0.2, 0.25) is 11.6 Å². The number of hydrogen-bond donors (Lipinski definition) is 2. The number of halogens is 5. The Morgan fingerprint density at radius 3 is 2.18 bits per heavy atom. The summed E-state index contributed by atoms with van der Waals surface area (Å²) < 4.78 is 38.6. The zero-order valence-electron chi connectivity index (χ0n) is 19.9. The van der Waals surface area contributed by atoms with Gasteiger partial charge in [0, 0.05) is 21.4 Å². The third kappa shape index (κ3) is 6.19. The van der Waals surface area contributed by atoms with Crippen molar-refractivity contribution < 1.29 is 18.1 Å². The Balaban J connectivity index is 1.65. The number of aryl methyl sites for hydroxylation is 1. The first-order chi connectivity index (χ1) is 18.5. The van der Waals surface area contributed by atoms with Gasteiger partial charge >= 0.3 is 11.9 Å². The van der Waals surface area contributed by atoms with Crippen LogP contribution in [0.2, 0.25) is 10.0 Å². The summed E-state index contributed by atoms with van der Waals surface area (Å²) in [7, 11) is 0. The molecule has 0 aliphatic heterocycles. The molecule has 39 heavy (non-hydrogen) atoms. The molecule has 4 aromatic rings. The van der Waals surface area contributed by atoms with Gasteiger partial charge < -0.3 is 10.6 Å². The predicted octanol–water partition coefficient (Wildman–Crippen LogP) is 8.16. The standard InChI is InChI=1S/C26H17Cl2F3N6O2/c1-14-10-19(20(12-32)15-2-6-17(27)7-3-15)21(28)11-22(14)36-25-23(37(38)39)24(33-13-34-25)35-18-8-4-16(5-9-18)26(29,30)31/h2-11,13,20H,1H3,(H2,33,34,35,36). The number of nitrogens with one attached hydrogen (secondary N) is 2. The summed E-state index contributed by atoms with van der Waals surface area (Å²) in [4.78, 5) is 19.1. The first-order valence-electron chi connectivity index (χ1n) is 11.1. The lowest BCUT2D eigenvalue weighted by atomic mass is 9.91. The van der Waals surface area contributed by atoms with Gasteiger partial charge in [0.1, 0.15) is 6.33 Å². The van der Waals surface area contributed by atoms with Crippen molar-refractivity contribution in [2.45, 2.75) is 19.0 Å². The Hall–Kier alpha value is -4.40. The van der Waals surface area contributed by atoms with E-state index in [1.54, 1.807) is 37.3 Å². The molecule has 0 bridgehead atoms. The molecule has 0 aliphatic carbocycles. The second-order valence-electron chi connectivity index (χ2n) is 8.30. The molecule has 198 valence electrons. The van der Waals surface area contributed by atoms with E-state index in [0.29, 0.717) is 27.4 Å². The van der Waals surface area contributed by atoms with Crippen molar-refractivity contribution >= 4 is 51.9 Å². The van der Waals surface area contributed by atoms with Gasteiger partial charge in [-0.15, -0.1) is 0 Å². The van der Waals surface area contributed by atoms with E-state index in [4.69, 9.17) is 23.2 Å². The number of rotatable bonds is 7. The summed E-state index contributed by atoms with van der Waals surface area (Å²) in [5, 5.41) is 28.1. The highest BCUT2D eigenvalue weighted by atomic mass is 35.5. The van der Waals surface area contributed by atoms with Crippen molar-refractivity contribution in [3.8, 4) is 6.07 Å². The van der Waals surface area contributed by atoms with Gasteiger partial charge in [0.15, 0.2) is 0 Å². The van der Waals surface area contributed by atoms with Gasteiger partial charge in [-0.05, 0) is 66.1 Å². The van der Waals surface area contributed by atoms with Crippen LogP contribution in [0.5, 0.6) is 0 Å². The first-order valence-corrected chi connectivity index (χ1v) is 11.9. The Bertz CT molecular complexity index is 1570. The lowest BCUT2D eigenvalue weighted by molar-refractivity contribution is -0.383. The van der Waals surface area contributed by atoms with Crippen LogP contribution >= 0.6 is 23.2 Å². The molecule has 2 N–H and O–H groups in total. The number of hydrogen-bond acceptors (Lipinski definition) is 7. The van der Waals surface area contributed by atoms with Crippen molar-refractivity contribution in [3.63, 3.8) is 0 Å². The van der Waals surface area contributed by atoms with Gasteiger partial charge in [-0.25, -0.2) is 9.97 Å². The van der Waals surface area contributed by atoms with Crippen molar-refractivity contribution in [3.05, 3.63) is 109 Å². The number of aromatic nitrogens is 2. The summed E-state index contributed by atoms with van der Waals surface area (Å²) in [5.41, 5.74) is 0.989. The number of benzene rings is 3. The van der Waals surface area contributed by atoms with Crippen LogP contribution in [0.25, 0.3) is 0 Å². The lowest BCUT2D eigenvalue weighted by Crippen LogP contribution is -2.07. The van der Waals surface area contributed by atoms with E-state index in [9.17, 15) is 28.5 Å². The van der Waals surface area contributed by atoms with Crippen LogP contribution in [0.15, 0.2) is 67.0 Å². The van der Waals surface area contributed by atoms with Gasteiger partial charge in [-0.2, -0.15) is 18.4 Å². The van der Waals surface area contributed by atoms with E-state index >= 15 is 0 Å². The van der Waals surface area contributed by atoms with Gasteiger partial charge in [-0.1, -0.05) is 41.4 Å². The van der Waals surface area contributed by atoms with Gasteiger partial charge in [-0.3, -0.25) is 10.1 Å². The highest BCUT2D eigenvalue weighted by Gasteiger charge is 2.30. The van der Waals surface area contributed by atoms with Gasteiger partial charge in [0.25, 0.3) is 0 Å². The first kappa shape index (κ1) is 27.6. The normalized spacial score (nSPS) is 11.9. The third-order valence-electron chi connectivity index (χ3n) is 5.72. The lowest BCUT2D eigenvalue weighted by Gasteiger charge is -2.17. The number of nitro groups is 1. The zero-order chi connectivity index (χ0) is 28.3. The molecule has 0 fully saturated rings. The van der Waals surface area contributed by atoms with E-state index in [2.05, 4.69) is 26.7 Å². The summed E-state index contributed by atoms with van der Waals surface area (Å²) in [6, 6.07) is 16.2. The number of nitriles is 1. The fourth-order valence-electron chi connectivity index (χ4n) is 3.78. The summed E-state index contributed by atoms with van der Waals surface area (Å²) in [6.07, 6.45) is -3.45. The Kier molecular flexibility index (Phi) is 7.90. The number of anilines is 4. The molecule has 0 aliphatic rings. The van der Waals surface area contributed by atoms with Crippen LogP contribution in [0.4, 0.5) is 41.9 Å². The Labute approximate surface area is 230 Å². The van der Waals surface area contributed by atoms with E-state index in [-0.39, 0.29) is 22.3 Å². The molecule has 13 heteroatoms. The average Bonchev–Trinajstić information content (AvgIpc) is 2.88. The molecule has 1 atom stereocenters. The minimum Gasteiger partial charge on any atom is -0.334 e. The molecule has 1 aromatic heterocycles. The van der Waals surface area contributed by atoms with E-state index in [1.807, 2.05) is 0 Å². The second-order valence-corrected chi connectivity index (χ2v) is 9.15. The fraction of sp³-hybridized carbons (Fsp3) is 0.115. The largest absolute Gasteiger partial charge is 0.416 e. The predicted molar refractivity (Wildman–Crippen MR) is 142 cm³/mol. The molecular weight excluding hydrogens is 556 g/mol. The summed E-state index contributed by atoms with van der Waals surface area (Å²) in [5.74, 6) is -1.09. The fourth-order valence-corrected chi connectivity index (χ4v) is 4.18.